The minimum atomic E-state index is -0.265. The zero-order valence-electron chi connectivity index (χ0n) is 16.0. The smallest absolute Gasteiger partial charge is 0.259 e. The fourth-order valence-electron chi connectivity index (χ4n) is 3.02. The van der Waals surface area contributed by atoms with E-state index in [9.17, 15) is 4.79 Å². The molecular weight excluding hydrogens is 504 g/mol. The van der Waals surface area contributed by atoms with Crippen molar-refractivity contribution in [1.82, 2.24) is 4.98 Å². The van der Waals surface area contributed by atoms with E-state index in [1.807, 2.05) is 43.3 Å². The lowest BCUT2D eigenvalue weighted by atomic mass is 10.1. The number of hydrogen-bond donors (Lipinski definition) is 1. The standard InChI is InChI=1S/C22H16BrClN2O2S2/c1-12-9-13(23)10-15(20(12)28-2)21(27)25-14-7-8-18(16(24)11-14)29-22-26-17-5-3-4-6-19(17)30-22/h3-11H,1-2H3,(H,25,27). The third kappa shape index (κ3) is 4.49. The number of rotatable bonds is 5. The Labute approximate surface area is 195 Å². The third-order valence-corrected chi connectivity index (χ3v) is 7.40. The average molecular weight is 520 g/mol. The number of carbonyl (C=O) groups excluding carboxylic acids is 1. The van der Waals surface area contributed by atoms with Crippen molar-refractivity contribution in [2.75, 3.05) is 12.4 Å². The van der Waals surface area contributed by atoms with Gasteiger partial charge in [0.2, 0.25) is 0 Å². The van der Waals surface area contributed by atoms with Crippen LogP contribution in [0.3, 0.4) is 0 Å². The number of para-hydroxylation sites is 1. The number of aryl methyl sites for hydroxylation is 1. The van der Waals surface area contributed by atoms with Gasteiger partial charge in [-0.2, -0.15) is 0 Å². The highest BCUT2D eigenvalue weighted by Gasteiger charge is 2.17. The van der Waals surface area contributed by atoms with Crippen LogP contribution < -0.4 is 10.1 Å². The molecule has 1 amide bonds. The first kappa shape index (κ1) is 21.2. The van der Waals surface area contributed by atoms with Crippen molar-refractivity contribution in [3.05, 3.63) is 75.2 Å². The molecule has 4 nitrogen and oxygen atoms in total. The molecule has 0 aliphatic heterocycles. The van der Waals surface area contributed by atoms with Crippen LogP contribution >= 0.6 is 50.6 Å². The summed E-state index contributed by atoms with van der Waals surface area (Å²) in [6.45, 7) is 1.89. The third-order valence-electron chi connectivity index (χ3n) is 4.35. The van der Waals surface area contributed by atoms with Gasteiger partial charge in [-0.15, -0.1) is 11.3 Å². The highest BCUT2D eigenvalue weighted by atomic mass is 79.9. The SMILES string of the molecule is COc1c(C)cc(Br)cc1C(=O)Nc1ccc(Sc2nc3ccccc3s2)c(Cl)c1. The molecule has 0 saturated carbocycles. The lowest BCUT2D eigenvalue weighted by Gasteiger charge is -2.13. The molecule has 0 atom stereocenters. The number of halogens is 2. The topological polar surface area (TPSA) is 51.2 Å². The maximum Gasteiger partial charge on any atom is 0.259 e. The number of thiazole rings is 1. The summed E-state index contributed by atoms with van der Waals surface area (Å²) in [4.78, 5) is 18.3. The molecule has 0 bridgehead atoms. The fourth-order valence-corrected chi connectivity index (χ4v) is 5.91. The molecule has 1 heterocycles. The molecule has 0 saturated heterocycles. The monoisotopic (exact) mass is 518 g/mol. The van der Waals surface area contributed by atoms with Crippen LogP contribution in [0.4, 0.5) is 5.69 Å². The molecule has 1 N–H and O–H groups in total. The van der Waals surface area contributed by atoms with Gasteiger partial charge in [-0.3, -0.25) is 4.79 Å². The number of aromatic nitrogens is 1. The number of hydrogen-bond acceptors (Lipinski definition) is 5. The van der Waals surface area contributed by atoms with Gasteiger partial charge in [-0.1, -0.05) is 51.4 Å². The Balaban J connectivity index is 1.54. The normalized spacial score (nSPS) is 10.9. The summed E-state index contributed by atoms with van der Waals surface area (Å²) in [5.41, 5.74) is 2.91. The number of amides is 1. The highest BCUT2D eigenvalue weighted by Crippen LogP contribution is 2.38. The number of nitrogens with one attached hydrogen (secondary N) is 1. The number of carbonyl (C=O) groups is 1. The first-order chi connectivity index (χ1) is 14.4. The Bertz CT molecular complexity index is 1230. The second-order valence-electron chi connectivity index (χ2n) is 6.45. The molecule has 1 aromatic heterocycles. The van der Waals surface area contributed by atoms with Crippen molar-refractivity contribution >= 4 is 72.4 Å². The summed E-state index contributed by atoms with van der Waals surface area (Å²) < 4.78 is 8.28. The predicted molar refractivity (Wildman–Crippen MR) is 129 cm³/mol. The first-order valence-electron chi connectivity index (χ1n) is 8.93. The van der Waals surface area contributed by atoms with E-state index in [4.69, 9.17) is 16.3 Å². The minimum absolute atomic E-state index is 0.265. The van der Waals surface area contributed by atoms with Crippen molar-refractivity contribution in [3.8, 4) is 5.75 Å². The largest absolute Gasteiger partial charge is 0.496 e. The van der Waals surface area contributed by atoms with Crippen LogP contribution in [0.15, 0.2) is 68.3 Å². The Hall–Kier alpha value is -2.06. The molecule has 3 aromatic carbocycles. The van der Waals surface area contributed by atoms with E-state index in [0.29, 0.717) is 22.0 Å². The van der Waals surface area contributed by atoms with Gasteiger partial charge in [0.15, 0.2) is 4.34 Å². The van der Waals surface area contributed by atoms with E-state index in [0.717, 1.165) is 29.5 Å². The van der Waals surface area contributed by atoms with Crippen LogP contribution in [0.25, 0.3) is 10.2 Å². The van der Waals surface area contributed by atoms with E-state index < -0.39 is 0 Å². The van der Waals surface area contributed by atoms with Gasteiger partial charge in [0.25, 0.3) is 5.91 Å². The van der Waals surface area contributed by atoms with Crippen LogP contribution in [0.5, 0.6) is 5.75 Å². The maximum absolute atomic E-state index is 12.8. The minimum Gasteiger partial charge on any atom is -0.496 e. The van der Waals surface area contributed by atoms with Gasteiger partial charge in [-0.25, -0.2) is 4.98 Å². The van der Waals surface area contributed by atoms with Gasteiger partial charge >= 0.3 is 0 Å². The van der Waals surface area contributed by atoms with Crippen LogP contribution in [0.2, 0.25) is 5.02 Å². The van der Waals surface area contributed by atoms with Crippen molar-refractivity contribution < 1.29 is 9.53 Å². The molecule has 4 rings (SSSR count). The molecule has 0 fully saturated rings. The van der Waals surface area contributed by atoms with E-state index in [2.05, 4.69) is 32.3 Å². The zero-order chi connectivity index (χ0) is 21.3. The summed E-state index contributed by atoms with van der Waals surface area (Å²) in [5.74, 6) is 0.281. The van der Waals surface area contributed by atoms with Crippen LogP contribution in [0.1, 0.15) is 15.9 Å². The van der Waals surface area contributed by atoms with E-state index in [1.165, 1.54) is 11.8 Å². The van der Waals surface area contributed by atoms with Crippen molar-refractivity contribution in [1.29, 1.82) is 0 Å². The molecule has 0 radical (unpaired) electrons. The predicted octanol–water partition coefficient (Wildman–Crippen LogP) is 7.43. The van der Waals surface area contributed by atoms with Crippen LogP contribution in [0, 0.1) is 6.92 Å². The van der Waals surface area contributed by atoms with Crippen molar-refractivity contribution in [2.45, 2.75) is 16.2 Å². The summed E-state index contributed by atoms with van der Waals surface area (Å²) >= 11 is 13.1. The molecule has 0 aliphatic carbocycles. The Morgan fingerprint density at radius 1 is 1.20 bits per heavy atom. The van der Waals surface area contributed by atoms with Crippen LogP contribution in [-0.4, -0.2) is 18.0 Å². The van der Waals surface area contributed by atoms with Gasteiger partial charge in [0, 0.05) is 15.1 Å². The van der Waals surface area contributed by atoms with E-state index >= 15 is 0 Å². The number of fused-ring (bicyclic) bond motifs is 1. The van der Waals surface area contributed by atoms with Crippen LogP contribution in [-0.2, 0) is 0 Å². The maximum atomic E-state index is 12.8. The summed E-state index contributed by atoms with van der Waals surface area (Å²) in [5, 5.41) is 3.44. The number of nitrogens with zero attached hydrogens (tertiary/aromatic N) is 1. The second-order valence-corrected chi connectivity index (χ2v) is 10.1. The number of methoxy groups -OCH3 is 1. The Morgan fingerprint density at radius 3 is 2.73 bits per heavy atom. The van der Waals surface area contributed by atoms with E-state index in [-0.39, 0.29) is 5.91 Å². The quantitative estimate of drug-likeness (QED) is 0.298. The van der Waals surface area contributed by atoms with Gasteiger partial charge in [-0.05, 0) is 55.0 Å². The average Bonchev–Trinajstić information content (AvgIpc) is 3.12. The summed E-state index contributed by atoms with van der Waals surface area (Å²) in [7, 11) is 1.55. The molecule has 152 valence electrons. The zero-order valence-corrected chi connectivity index (χ0v) is 20.0. The highest BCUT2D eigenvalue weighted by molar-refractivity contribution is 9.10. The number of benzene rings is 3. The Morgan fingerprint density at radius 2 is 2.00 bits per heavy atom. The van der Waals surface area contributed by atoms with Crippen molar-refractivity contribution in [2.24, 2.45) is 0 Å². The van der Waals surface area contributed by atoms with Crippen molar-refractivity contribution in [3.63, 3.8) is 0 Å². The molecule has 0 spiro atoms. The number of ether oxygens (including phenoxy) is 1. The molecule has 4 aromatic rings. The first-order valence-corrected chi connectivity index (χ1v) is 11.7. The number of anilines is 1. The molecular formula is C22H16BrClN2O2S2. The van der Waals surface area contributed by atoms with Gasteiger partial charge < -0.3 is 10.1 Å². The second kappa shape index (κ2) is 8.98. The lowest BCUT2D eigenvalue weighted by molar-refractivity contribution is 0.102. The summed E-state index contributed by atoms with van der Waals surface area (Å²) in [6, 6.07) is 17.1. The molecule has 8 heteroatoms. The summed E-state index contributed by atoms with van der Waals surface area (Å²) in [6.07, 6.45) is 0. The molecule has 0 unspecified atom stereocenters. The van der Waals surface area contributed by atoms with Gasteiger partial charge in [0.05, 0.1) is 27.9 Å². The molecule has 0 aliphatic rings. The lowest BCUT2D eigenvalue weighted by Crippen LogP contribution is -2.14. The molecule has 30 heavy (non-hydrogen) atoms. The Kier molecular flexibility index (Phi) is 6.34. The van der Waals surface area contributed by atoms with E-state index in [1.54, 1.807) is 30.6 Å². The van der Waals surface area contributed by atoms with Gasteiger partial charge in [0.1, 0.15) is 5.75 Å². The fraction of sp³-hybridized carbons (Fsp3) is 0.0909.